The van der Waals surface area contributed by atoms with Crippen LogP contribution in [-0.4, -0.2) is 43.4 Å². The Morgan fingerprint density at radius 1 is 0.875 bits per heavy atom. The number of amides is 1. The number of carbonyl (C=O) groups is 1. The number of rotatable bonds is 6. The number of hydrogen-bond donors (Lipinski definition) is 1. The zero-order valence-electron chi connectivity index (χ0n) is 18.5. The molecule has 1 saturated heterocycles. The van der Waals surface area contributed by atoms with Crippen molar-refractivity contribution in [1.82, 2.24) is 10.2 Å². The summed E-state index contributed by atoms with van der Waals surface area (Å²) in [5, 5.41) is 11.8. The van der Waals surface area contributed by atoms with Gasteiger partial charge in [0.25, 0.3) is 5.91 Å². The zero-order chi connectivity index (χ0) is 22.3. The van der Waals surface area contributed by atoms with E-state index in [4.69, 9.17) is 9.47 Å². The Hall–Kier alpha value is -3.61. The number of para-hydroxylation sites is 1. The largest absolute Gasteiger partial charge is 0.493 e. The van der Waals surface area contributed by atoms with Crippen LogP contribution < -0.4 is 19.7 Å². The molecule has 1 aliphatic heterocycles. The molecular formula is C25H28N4O3. The summed E-state index contributed by atoms with van der Waals surface area (Å²) in [4.78, 5) is 15.1. The van der Waals surface area contributed by atoms with E-state index in [9.17, 15) is 4.79 Å². The minimum Gasteiger partial charge on any atom is -0.493 e. The quantitative estimate of drug-likeness (QED) is 0.603. The molecule has 1 aromatic heterocycles. The maximum atomic E-state index is 12.8. The van der Waals surface area contributed by atoms with Gasteiger partial charge in [-0.1, -0.05) is 31.0 Å². The van der Waals surface area contributed by atoms with Crippen LogP contribution in [0.2, 0.25) is 0 Å². The van der Waals surface area contributed by atoms with E-state index in [-0.39, 0.29) is 5.91 Å². The van der Waals surface area contributed by atoms with Crippen molar-refractivity contribution in [3.63, 3.8) is 0 Å². The van der Waals surface area contributed by atoms with Crippen LogP contribution in [-0.2, 0) is 0 Å². The molecule has 4 rings (SSSR count). The first kappa shape index (κ1) is 21.6. The third-order valence-corrected chi connectivity index (χ3v) is 5.67. The molecule has 7 heteroatoms. The molecule has 7 nitrogen and oxygen atoms in total. The first-order valence-electron chi connectivity index (χ1n) is 10.9. The number of carbonyl (C=O) groups excluding carboxylic acids is 1. The average Bonchev–Trinajstić information content (AvgIpc) is 3.14. The Balaban J connectivity index is 1.45. The molecule has 0 unspecified atom stereocenters. The van der Waals surface area contributed by atoms with Crippen molar-refractivity contribution in [2.75, 3.05) is 37.5 Å². The second-order valence-corrected chi connectivity index (χ2v) is 7.75. The van der Waals surface area contributed by atoms with E-state index >= 15 is 0 Å². The molecule has 3 aromatic rings. The average molecular weight is 433 g/mol. The standard InChI is InChI=1S/C25H28N4O3/c1-31-22-9-7-8-20(24(22)32-2)25(30)26-19-12-10-18(11-13-19)21-14-15-23(28-27-21)29-16-5-3-4-6-17-29/h7-15H,3-6,16-17H2,1-2H3,(H,26,30). The molecule has 1 amide bonds. The van der Waals surface area contributed by atoms with E-state index < -0.39 is 0 Å². The highest BCUT2D eigenvalue weighted by molar-refractivity contribution is 6.06. The first-order chi connectivity index (χ1) is 15.7. The van der Waals surface area contributed by atoms with Crippen molar-refractivity contribution in [3.05, 3.63) is 60.2 Å². The zero-order valence-corrected chi connectivity index (χ0v) is 18.5. The molecule has 1 N–H and O–H groups in total. The molecule has 2 heterocycles. The molecule has 0 aliphatic carbocycles. The Morgan fingerprint density at radius 3 is 2.25 bits per heavy atom. The number of aromatic nitrogens is 2. The summed E-state index contributed by atoms with van der Waals surface area (Å²) in [6.45, 7) is 2.08. The monoisotopic (exact) mass is 432 g/mol. The van der Waals surface area contributed by atoms with Crippen LogP contribution in [0.25, 0.3) is 11.3 Å². The van der Waals surface area contributed by atoms with Crippen molar-refractivity contribution in [2.45, 2.75) is 25.7 Å². The van der Waals surface area contributed by atoms with Gasteiger partial charge in [-0.25, -0.2) is 0 Å². The Kier molecular flexibility index (Phi) is 6.84. The fourth-order valence-corrected chi connectivity index (χ4v) is 3.94. The topological polar surface area (TPSA) is 76.6 Å². The van der Waals surface area contributed by atoms with Crippen LogP contribution in [0.1, 0.15) is 36.0 Å². The second-order valence-electron chi connectivity index (χ2n) is 7.75. The lowest BCUT2D eigenvalue weighted by Crippen LogP contribution is -2.25. The van der Waals surface area contributed by atoms with Crippen LogP contribution in [0, 0.1) is 0 Å². The molecule has 0 atom stereocenters. The highest BCUT2D eigenvalue weighted by Crippen LogP contribution is 2.31. The maximum absolute atomic E-state index is 12.8. The van der Waals surface area contributed by atoms with Gasteiger partial charge in [0.1, 0.15) is 0 Å². The lowest BCUT2D eigenvalue weighted by molar-refractivity contribution is 0.102. The molecule has 0 radical (unpaired) electrons. The molecule has 166 valence electrons. The van der Waals surface area contributed by atoms with Crippen LogP contribution in [0.4, 0.5) is 11.5 Å². The molecule has 0 bridgehead atoms. The normalized spacial score (nSPS) is 13.9. The van der Waals surface area contributed by atoms with Gasteiger partial charge in [0.05, 0.1) is 25.5 Å². The molecule has 32 heavy (non-hydrogen) atoms. The lowest BCUT2D eigenvalue weighted by atomic mass is 10.1. The number of methoxy groups -OCH3 is 2. The molecule has 1 aliphatic rings. The summed E-state index contributed by atoms with van der Waals surface area (Å²) in [6.07, 6.45) is 4.99. The Labute approximate surface area is 188 Å². The SMILES string of the molecule is COc1cccc(C(=O)Nc2ccc(-c3ccc(N4CCCCCC4)nn3)cc2)c1OC. The Morgan fingerprint density at radius 2 is 1.62 bits per heavy atom. The van der Waals surface area contributed by atoms with Crippen molar-refractivity contribution in [2.24, 2.45) is 0 Å². The van der Waals surface area contributed by atoms with E-state index in [1.807, 2.05) is 36.4 Å². The second kappa shape index (κ2) is 10.1. The van der Waals surface area contributed by atoms with Crippen LogP contribution in [0.5, 0.6) is 11.5 Å². The molecule has 0 spiro atoms. The Bertz CT molecular complexity index is 1040. The number of anilines is 2. The summed E-state index contributed by atoms with van der Waals surface area (Å²) in [7, 11) is 3.06. The van der Waals surface area contributed by atoms with Gasteiger partial charge < -0.3 is 19.7 Å². The number of hydrogen-bond acceptors (Lipinski definition) is 6. The van der Waals surface area contributed by atoms with E-state index in [0.717, 1.165) is 30.2 Å². The lowest BCUT2D eigenvalue weighted by Gasteiger charge is -2.20. The first-order valence-corrected chi connectivity index (χ1v) is 10.9. The predicted molar refractivity (Wildman–Crippen MR) is 126 cm³/mol. The van der Waals surface area contributed by atoms with Crippen LogP contribution in [0.3, 0.4) is 0 Å². The van der Waals surface area contributed by atoms with Gasteiger partial charge in [-0.3, -0.25) is 4.79 Å². The van der Waals surface area contributed by atoms with Gasteiger partial charge in [0.2, 0.25) is 0 Å². The van der Waals surface area contributed by atoms with Crippen molar-refractivity contribution >= 4 is 17.4 Å². The van der Waals surface area contributed by atoms with Crippen molar-refractivity contribution in [1.29, 1.82) is 0 Å². The number of nitrogens with zero attached hydrogens (tertiary/aromatic N) is 3. The van der Waals surface area contributed by atoms with Crippen molar-refractivity contribution < 1.29 is 14.3 Å². The van der Waals surface area contributed by atoms with Crippen molar-refractivity contribution in [3.8, 4) is 22.8 Å². The highest BCUT2D eigenvalue weighted by atomic mass is 16.5. The van der Waals surface area contributed by atoms with Gasteiger partial charge in [0.15, 0.2) is 17.3 Å². The minimum absolute atomic E-state index is 0.268. The number of benzene rings is 2. The summed E-state index contributed by atoms with van der Waals surface area (Å²) in [5.41, 5.74) is 2.83. The van der Waals surface area contributed by atoms with Gasteiger partial charge in [-0.2, -0.15) is 0 Å². The molecular weight excluding hydrogens is 404 g/mol. The van der Waals surface area contributed by atoms with E-state index in [2.05, 4.69) is 20.4 Å². The van der Waals surface area contributed by atoms with Gasteiger partial charge in [-0.15, -0.1) is 10.2 Å². The molecule has 1 fully saturated rings. The highest BCUT2D eigenvalue weighted by Gasteiger charge is 2.17. The van der Waals surface area contributed by atoms with E-state index in [0.29, 0.717) is 22.7 Å². The third kappa shape index (κ3) is 4.82. The smallest absolute Gasteiger partial charge is 0.259 e. The summed E-state index contributed by atoms with van der Waals surface area (Å²) in [6, 6.07) is 16.8. The summed E-state index contributed by atoms with van der Waals surface area (Å²) >= 11 is 0. The fourth-order valence-electron chi connectivity index (χ4n) is 3.94. The van der Waals surface area contributed by atoms with E-state index in [1.54, 1.807) is 25.3 Å². The molecule has 2 aromatic carbocycles. The fraction of sp³-hybridized carbons (Fsp3) is 0.320. The third-order valence-electron chi connectivity index (χ3n) is 5.67. The number of ether oxygens (including phenoxy) is 2. The van der Waals surface area contributed by atoms with Gasteiger partial charge in [-0.05, 0) is 49.2 Å². The maximum Gasteiger partial charge on any atom is 0.259 e. The van der Waals surface area contributed by atoms with Crippen LogP contribution >= 0.6 is 0 Å². The summed E-state index contributed by atoms with van der Waals surface area (Å²) < 4.78 is 10.6. The number of nitrogens with one attached hydrogen (secondary N) is 1. The van der Waals surface area contributed by atoms with Gasteiger partial charge >= 0.3 is 0 Å². The summed E-state index contributed by atoms with van der Waals surface area (Å²) in [5.74, 6) is 1.59. The predicted octanol–water partition coefficient (Wildman–Crippen LogP) is 4.79. The van der Waals surface area contributed by atoms with Crippen LogP contribution in [0.15, 0.2) is 54.6 Å². The minimum atomic E-state index is -0.268. The van der Waals surface area contributed by atoms with Gasteiger partial charge in [0, 0.05) is 24.3 Å². The van der Waals surface area contributed by atoms with E-state index in [1.165, 1.54) is 32.8 Å². The molecule has 0 saturated carbocycles.